The molecule has 0 aliphatic carbocycles. The molecule has 1 heterocycles. The standard InChI is InChI=1S/C21H22O5/c1-13-5-6-17-16(12-25-18(17)7-13)10-21(22)26-11-15-9-20(24-4)19(23-3)8-14(15)2/h5-9,12H,10-11H2,1-4H3. The number of benzene rings is 2. The SMILES string of the molecule is COc1cc(C)c(COC(=O)Cc2coc3cc(C)ccc23)cc1OC. The van der Waals surface area contributed by atoms with Crippen LogP contribution in [0.1, 0.15) is 22.3 Å². The number of ether oxygens (including phenoxy) is 3. The van der Waals surface area contributed by atoms with Crippen LogP contribution in [0.3, 0.4) is 0 Å². The first kappa shape index (κ1) is 17.9. The van der Waals surface area contributed by atoms with Gasteiger partial charge in [0.1, 0.15) is 12.2 Å². The zero-order valence-electron chi connectivity index (χ0n) is 15.4. The zero-order chi connectivity index (χ0) is 18.7. The van der Waals surface area contributed by atoms with Gasteiger partial charge in [-0.3, -0.25) is 4.79 Å². The summed E-state index contributed by atoms with van der Waals surface area (Å²) >= 11 is 0. The van der Waals surface area contributed by atoms with Gasteiger partial charge in [-0.05, 0) is 48.7 Å². The molecule has 1 aromatic heterocycles. The minimum atomic E-state index is -0.303. The first-order valence-corrected chi connectivity index (χ1v) is 8.35. The van der Waals surface area contributed by atoms with Crippen LogP contribution in [0.4, 0.5) is 0 Å². The van der Waals surface area contributed by atoms with Crippen LogP contribution in [-0.2, 0) is 22.6 Å². The number of hydrogen-bond donors (Lipinski definition) is 0. The lowest BCUT2D eigenvalue weighted by atomic mass is 10.1. The Morgan fingerprint density at radius 1 is 1.00 bits per heavy atom. The van der Waals surface area contributed by atoms with Crippen molar-refractivity contribution in [1.82, 2.24) is 0 Å². The van der Waals surface area contributed by atoms with Crippen LogP contribution < -0.4 is 9.47 Å². The molecule has 136 valence electrons. The molecule has 0 saturated carbocycles. The molecule has 0 aliphatic rings. The highest BCUT2D eigenvalue weighted by Gasteiger charge is 2.14. The third-order valence-corrected chi connectivity index (χ3v) is 4.38. The van der Waals surface area contributed by atoms with Crippen LogP contribution in [0.5, 0.6) is 11.5 Å². The maximum Gasteiger partial charge on any atom is 0.310 e. The molecule has 5 nitrogen and oxygen atoms in total. The number of esters is 1. The predicted octanol–water partition coefficient (Wildman–Crippen LogP) is 4.35. The van der Waals surface area contributed by atoms with Crippen LogP contribution in [-0.4, -0.2) is 20.2 Å². The van der Waals surface area contributed by atoms with Gasteiger partial charge in [0.05, 0.1) is 26.9 Å². The number of hydrogen-bond acceptors (Lipinski definition) is 5. The Balaban J connectivity index is 1.69. The van der Waals surface area contributed by atoms with E-state index in [1.807, 2.05) is 44.2 Å². The van der Waals surface area contributed by atoms with Crippen molar-refractivity contribution in [1.29, 1.82) is 0 Å². The molecule has 5 heteroatoms. The highest BCUT2D eigenvalue weighted by molar-refractivity contribution is 5.86. The van der Waals surface area contributed by atoms with Gasteiger partial charge in [0, 0.05) is 10.9 Å². The van der Waals surface area contributed by atoms with Gasteiger partial charge in [-0.25, -0.2) is 0 Å². The molecule has 0 atom stereocenters. The van der Waals surface area contributed by atoms with E-state index in [4.69, 9.17) is 18.6 Å². The molecule has 0 fully saturated rings. The van der Waals surface area contributed by atoms with Gasteiger partial charge in [-0.1, -0.05) is 12.1 Å². The molecule has 0 radical (unpaired) electrons. The third-order valence-electron chi connectivity index (χ3n) is 4.38. The van der Waals surface area contributed by atoms with Gasteiger partial charge in [-0.15, -0.1) is 0 Å². The van der Waals surface area contributed by atoms with Gasteiger partial charge in [0.2, 0.25) is 0 Å². The first-order valence-electron chi connectivity index (χ1n) is 8.35. The molecule has 0 saturated heterocycles. The quantitative estimate of drug-likeness (QED) is 0.616. The lowest BCUT2D eigenvalue weighted by Gasteiger charge is -2.13. The van der Waals surface area contributed by atoms with Gasteiger partial charge < -0.3 is 18.6 Å². The van der Waals surface area contributed by atoms with Gasteiger partial charge >= 0.3 is 5.97 Å². The van der Waals surface area contributed by atoms with Crippen molar-refractivity contribution in [2.45, 2.75) is 26.9 Å². The molecule has 3 rings (SSSR count). The molecule has 3 aromatic rings. The largest absolute Gasteiger partial charge is 0.493 e. The minimum Gasteiger partial charge on any atom is -0.493 e. The number of carbonyl (C=O) groups excluding carboxylic acids is 1. The number of fused-ring (bicyclic) bond motifs is 1. The zero-order valence-corrected chi connectivity index (χ0v) is 15.4. The van der Waals surface area contributed by atoms with Crippen molar-refractivity contribution < 1.29 is 23.4 Å². The van der Waals surface area contributed by atoms with Crippen molar-refractivity contribution in [2.24, 2.45) is 0 Å². The molecule has 0 unspecified atom stereocenters. The average molecular weight is 354 g/mol. The summed E-state index contributed by atoms with van der Waals surface area (Å²) in [5, 5.41) is 0.940. The summed E-state index contributed by atoms with van der Waals surface area (Å²) in [6, 6.07) is 9.62. The highest BCUT2D eigenvalue weighted by Crippen LogP contribution is 2.30. The predicted molar refractivity (Wildman–Crippen MR) is 98.7 cm³/mol. The number of furan rings is 1. The van der Waals surface area contributed by atoms with Crippen LogP contribution in [0, 0.1) is 13.8 Å². The number of carbonyl (C=O) groups is 1. The summed E-state index contributed by atoms with van der Waals surface area (Å²) in [6.45, 7) is 4.12. The van der Waals surface area contributed by atoms with E-state index in [-0.39, 0.29) is 19.0 Å². The number of rotatable bonds is 6. The fourth-order valence-electron chi connectivity index (χ4n) is 2.87. The third kappa shape index (κ3) is 3.67. The fraction of sp³-hybridized carbons (Fsp3) is 0.286. The molecule has 0 N–H and O–H groups in total. The Morgan fingerprint density at radius 2 is 1.73 bits per heavy atom. The van der Waals surface area contributed by atoms with Crippen molar-refractivity contribution in [2.75, 3.05) is 14.2 Å². The summed E-state index contributed by atoms with van der Waals surface area (Å²) in [4.78, 5) is 12.3. The van der Waals surface area contributed by atoms with Crippen LogP contribution in [0.2, 0.25) is 0 Å². The summed E-state index contributed by atoms with van der Waals surface area (Å²) in [6.07, 6.45) is 1.79. The Hall–Kier alpha value is -2.95. The van der Waals surface area contributed by atoms with E-state index in [9.17, 15) is 4.79 Å². The molecular formula is C21H22O5. The van der Waals surface area contributed by atoms with Crippen LogP contribution in [0.25, 0.3) is 11.0 Å². The number of methoxy groups -OCH3 is 2. The molecule has 2 aromatic carbocycles. The van der Waals surface area contributed by atoms with E-state index < -0.39 is 0 Å². The Morgan fingerprint density at radius 3 is 2.46 bits per heavy atom. The first-order chi connectivity index (χ1) is 12.5. The number of aryl methyl sites for hydroxylation is 2. The van der Waals surface area contributed by atoms with E-state index in [2.05, 4.69) is 0 Å². The van der Waals surface area contributed by atoms with Gasteiger partial charge in [0.25, 0.3) is 0 Å². The molecule has 0 amide bonds. The maximum atomic E-state index is 12.3. The average Bonchev–Trinajstić information content (AvgIpc) is 3.02. The Labute approximate surface area is 152 Å². The normalized spacial score (nSPS) is 10.8. The second-order valence-electron chi connectivity index (χ2n) is 6.23. The second kappa shape index (κ2) is 7.52. The minimum absolute atomic E-state index is 0.169. The monoisotopic (exact) mass is 354 g/mol. The second-order valence-corrected chi connectivity index (χ2v) is 6.23. The lowest BCUT2D eigenvalue weighted by molar-refractivity contribution is -0.144. The summed E-state index contributed by atoms with van der Waals surface area (Å²) in [5.74, 6) is 0.961. The van der Waals surface area contributed by atoms with Crippen LogP contribution in [0.15, 0.2) is 41.0 Å². The van der Waals surface area contributed by atoms with E-state index >= 15 is 0 Å². The van der Waals surface area contributed by atoms with Crippen LogP contribution >= 0.6 is 0 Å². The summed E-state index contributed by atoms with van der Waals surface area (Å²) in [7, 11) is 3.17. The van der Waals surface area contributed by atoms with Crippen molar-refractivity contribution >= 4 is 16.9 Å². The molecule has 0 aliphatic heterocycles. The fourth-order valence-corrected chi connectivity index (χ4v) is 2.87. The van der Waals surface area contributed by atoms with Gasteiger partial charge in [-0.2, -0.15) is 0 Å². The topological polar surface area (TPSA) is 57.9 Å². The molecular weight excluding hydrogens is 332 g/mol. The Bertz CT molecular complexity index is 939. The van der Waals surface area contributed by atoms with Crippen molar-refractivity contribution in [3.63, 3.8) is 0 Å². The van der Waals surface area contributed by atoms with Crippen molar-refractivity contribution in [3.8, 4) is 11.5 Å². The molecule has 0 bridgehead atoms. The van der Waals surface area contributed by atoms with E-state index in [0.717, 1.165) is 33.2 Å². The lowest BCUT2D eigenvalue weighted by Crippen LogP contribution is -2.08. The maximum absolute atomic E-state index is 12.3. The highest BCUT2D eigenvalue weighted by atomic mass is 16.5. The van der Waals surface area contributed by atoms with Gasteiger partial charge in [0.15, 0.2) is 11.5 Å². The van der Waals surface area contributed by atoms with Crippen molar-refractivity contribution in [3.05, 3.63) is 58.8 Å². The van der Waals surface area contributed by atoms with E-state index in [0.29, 0.717) is 11.5 Å². The van der Waals surface area contributed by atoms with E-state index in [1.165, 1.54) is 0 Å². The summed E-state index contributed by atoms with van der Waals surface area (Å²) < 4.78 is 21.6. The Kier molecular flexibility index (Phi) is 5.16. The smallest absolute Gasteiger partial charge is 0.310 e. The molecule has 26 heavy (non-hydrogen) atoms. The summed E-state index contributed by atoms with van der Waals surface area (Å²) in [5.41, 5.74) is 4.57. The molecule has 0 spiro atoms. The van der Waals surface area contributed by atoms with E-state index in [1.54, 1.807) is 20.5 Å².